The van der Waals surface area contributed by atoms with Gasteiger partial charge >= 0.3 is 0 Å². The highest BCUT2D eigenvalue weighted by Gasteiger charge is 2.32. The van der Waals surface area contributed by atoms with E-state index < -0.39 is 0 Å². The van der Waals surface area contributed by atoms with Crippen molar-refractivity contribution in [3.63, 3.8) is 0 Å². The fourth-order valence-electron chi connectivity index (χ4n) is 1.81. The lowest BCUT2D eigenvalue weighted by molar-refractivity contribution is 0.0952. The SMILES string of the molecule is CNc1ncc(Br)cc1C(=O)NCC1CC1C. The Bertz CT molecular complexity index is 436. The van der Waals surface area contributed by atoms with Gasteiger partial charge in [-0.15, -0.1) is 0 Å². The van der Waals surface area contributed by atoms with Crippen LogP contribution in [0.3, 0.4) is 0 Å². The third kappa shape index (κ3) is 2.97. The minimum absolute atomic E-state index is 0.0674. The van der Waals surface area contributed by atoms with Gasteiger partial charge in [-0.25, -0.2) is 4.98 Å². The number of amides is 1. The molecule has 1 aromatic rings. The van der Waals surface area contributed by atoms with E-state index in [9.17, 15) is 4.79 Å². The van der Waals surface area contributed by atoms with Crippen molar-refractivity contribution in [1.82, 2.24) is 10.3 Å². The summed E-state index contributed by atoms with van der Waals surface area (Å²) >= 11 is 3.33. The minimum Gasteiger partial charge on any atom is -0.372 e. The van der Waals surface area contributed by atoms with Crippen LogP contribution < -0.4 is 10.6 Å². The lowest BCUT2D eigenvalue weighted by Gasteiger charge is -2.09. The van der Waals surface area contributed by atoms with Crippen molar-refractivity contribution >= 4 is 27.7 Å². The standard InChI is InChI=1S/C12H16BrN3O/c1-7-3-8(7)5-16-12(17)10-4-9(13)6-15-11(10)14-2/h4,6-8H,3,5H2,1-2H3,(H,14,15)(H,16,17). The van der Waals surface area contributed by atoms with Crippen LogP contribution in [0.5, 0.6) is 0 Å². The second-order valence-electron chi connectivity index (χ2n) is 4.48. The van der Waals surface area contributed by atoms with Crippen LogP contribution in [0.1, 0.15) is 23.7 Å². The number of carbonyl (C=O) groups excluding carboxylic acids is 1. The van der Waals surface area contributed by atoms with Crippen LogP contribution in [0.2, 0.25) is 0 Å². The first kappa shape index (κ1) is 12.4. The second-order valence-corrected chi connectivity index (χ2v) is 5.40. The van der Waals surface area contributed by atoms with Gasteiger partial charge in [-0.2, -0.15) is 0 Å². The predicted octanol–water partition coefficient (Wildman–Crippen LogP) is 2.27. The van der Waals surface area contributed by atoms with Crippen molar-refractivity contribution in [2.24, 2.45) is 11.8 Å². The topological polar surface area (TPSA) is 54.0 Å². The Hall–Kier alpha value is -1.10. The summed E-state index contributed by atoms with van der Waals surface area (Å²) in [4.78, 5) is 16.2. The monoisotopic (exact) mass is 297 g/mol. The second kappa shape index (κ2) is 5.04. The molecule has 0 spiro atoms. The lowest BCUT2D eigenvalue weighted by atomic mass is 10.2. The highest BCUT2D eigenvalue weighted by Crippen LogP contribution is 2.36. The summed E-state index contributed by atoms with van der Waals surface area (Å²) in [5.74, 6) is 1.94. The molecule has 1 saturated carbocycles. The van der Waals surface area contributed by atoms with Crippen molar-refractivity contribution in [1.29, 1.82) is 0 Å². The van der Waals surface area contributed by atoms with Gasteiger partial charge in [0.15, 0.2) is 0 Å². The summed E-state index contributed by atoms with van der Waals surface area (Å²) in [5, 5.41) is 5.88. The van der Waals surface area contributed by atoms with Crippen LogP contribution in [0, 0.1) is 11.8 Å². The van der Waals surface area contributed by atoms with Crippen LogP contribution in [-0.4, -0.2) is 24.5 Å². The molecule has 2 N–H and O–H groups in total. The fraction of sp³-hybridized carbons (Fsp3) is 0.500. The predicted molar refractivity (Wildman–Crippen MR) is 71.1 cm³/mol. The molecule has 4 nitrogen and oxygen atoms in total. The summed E-state index contributed by atoms with van der Waals surface area (Å²) < 4.78 is 0.807. The van der Waals surface area contributed by atoms with E-state index in [1.54, 1.807) is 19.3 Å². The van der Waals surface area contributed by atoms with Crippen molar-refractivity contribution in [3.05, 3.63) is 22.3 Å². The zero-order valence-electron chi connectivity index (χ0n) is 9.96. The molecule has 1 aliphatic rings. The molecule has 1 amide bonds. The molecule has 1 aromatic heterocycles. The number of rotatable bonds is 4. The summed E-state index contributed by atoms with van der Waals surface area (Å²) in [7, 11) is 1.76. The lowest BCUT2D eigenvalue weighted by Crippen LogP contribution is -2.27. The number of halogens is 1. The van der Waals surface area contributed by atoms with Crippen LogP contribution in [0.15, 0.2) is 16.7 Å². The van der Waals surface area contributed by atoms with Gasteiger partial charge in [-0.3, -0.25) is 4.79 Å². The maximum absolute atomic E-state index is 12.0. The van der Waals surface area contributed by atoms with E-state index in [4.69, 9.17) is 0 Å². The molecular formula is C12H16BrN3O. The van der Waals surface area contributed by atoms with Gasteiger partial charge in [0.25, 0.3) is 5.91 Å². The third-order valence-electron chi connectivity index (χ3n) is 3.14. The number of pyridine rings is 1. The summed E-state index contributed by atoms with van der Waals surface area (Å²) in [5.41, 5.74) is 0.579. The number of nitrogens with one attached hydrogen (secondary N) is 2. The van der Waals surface area contributed by atoms with E-state index in [0.29, 0.717) is 17.3 Å². The molecule has 0 bridgehead atoms. The summed E-state index contributed by atoms with van der Waals surface area (Å²) in [6.07, 6.45) is 2.89. The van der Waals surface area contributed by atoms with E-state index >= 15 is 0 Å². The van der Waals surface area contributed by atoms with E-state index in [-0.39, 0.29) is 5.91 Å². The first-order valence-corrected chi connectivity index (χ1v) is 6.52. The van der Waals surface area contributed by atoms with E-state index in [2.05, 4.69) is 38.5 Å². The smallest absolute Gasteiger partial charge is 0.255 e. The molecule has 0 radical (unpaired) electrons. The normalized spacial score (nSPS) is 22.1. The molecule has 2 rings (SSSR count). The number of hydrogen-bond donors (Lipinski definition) is 2. The third-order valence-corrected chi connectivity index (χ3v) is 3.57. The molecule has 5 heteroatoms. The van der Waals surface area contributed by atoms with E-state index in [1.807, 2.05) is 0 Å². The molecule has 0 aliphatic heterocycles. The Morgan fingerprint density at radius 2 is 2.35 bits per heavy atom. The largest absolute Gasteiger partial charge is 0.372 e. The number of aromatic nitrogens is 1. The first-order chi connectivity index (χ1) is 8.11. The molecule has 0 saturated heterocycles. The molecule has 1 heterocycles. The average molecular weight is 298 g/mol. The van der Waals surface area contributed by atoms with Crippen molar-refractivity contribution in [3.8, 4) is 0 Å². The van der Waals surface area contributed by atoms with Crippen LogP contribution in [0.25, 0.3) is 0 Å². The van der Waals surface area contributed by atoms with Gasteiger partial charge in [0.1, 0.15) is 5.82 Å². The van der Waals surface area contributed by atoms with Gasteiger partial charge in [-0.05, 0) is 40.3 Å². The van der Waals surface area contributed by atoms with Gasteiger partial charge in [0, 0.05) is 24.3 Å². The van der Waals surface area contributed by atoms with Gasteiger partial charge < -0.3 is 10.6 Å². The number of carbonyl (C=O) groups is 1. The van der Waals surface area contributed by atoms with Gasteiger partial charge in [0.2, 0.25) is 0 Å². The first-order valence-electron chi connectivity index (χ1n) is 5.73. The summed E-state index contributed by atoms with van der Waals surface area (Å²) in [6.45, 7) is 2.96. The Morgan fingerprint density at radius 1 is 1.65 bits per heavy atom. The highest BCUT2D eigenvalue weighted by molar-refractivity contribution is 9.10. The molecule has 1 fully saturated rings. The molecule has 2 unspecified atom stereocenters. The molecule has 0 aromatic carbocycles. The molecule has 92 valence electrons. The zero-order valence-corrected chi connectivity index (χ0v) is 11.5. The molecule has 2 atom stereocenters. The van der Waals surface area contributed by atoms with Gasteiger partial charge in [0.05, 0.1) is 5.56 Å². The molecule has 1 aliphatic carbocycles. The summed E-state index contributed by atoms with van der Waals surface area (Å²) in [6, 6.07) is 1.78. The maximum atomic E-state index is 12.0. The number of hydrogen-bond acceptors (Lipinski definition) is 3. The zero-order chi connectivity index (χ0) is 12.4. The van der Waals surface area contributed by atoms with Crippen LogP contribution in [0.4, 0.5) is 5.82 Å². The fourth-order valence-corrected chi connectivity index (χ4v) is 2.15. The maximum Gasteiger partial charge on any atom is 0.255 e. The molecule has 17 heavy (non-hydrogen) atoms. The highest BCUT2D eigenvalue weighted by atomic mass is 79.9. The number of anilines is 1. The van der Waals surface area contributed by atoms with E-state index in [1.165, 1.54) is 6.42 Å². The van der Waals surface area contributed by atoms with E-state index in [0.717, 1.165) is 16.9 Å². The Balaban J connectivity index is 2.04. The van der Waals surface area contributed by atoms with Crippen molar-refractivity contribution in [2.75, 3.05) is 18.9 Å². The quantitative estimate of drug-likeness (QED) is 0.896. The Morgan fingerprint density at radius 3 is 2.94 bits per heavy atom. The van der Waals surface area contributed by atoms with Crippen molar-refractivity contribution in [2.45, 2.75) is 13.3 Å². The van der Waals surface area contributed by atoms with Crippen molar-refractivity contribution < 1.29 is 4.79 Å². The van der Waals surface area contributed by atoms with Crippen LogP contribution in [-0.2, 0) is 0 Å². The average Bonchev–Trinajstić information content (AvgIpc) is 3.02. The van der Waals surface area contributed by atoms with Crippen LogP contribution >= 0.6 is 15.9 Å². The Kier molecular flexibility index (Phi) is 3.66. The minimum atomic E-state index is -0.0674. The Labute approximate surface area is 109 Å². The number of nitrogens with zero attached hydrogens (tertiary/aromatic N) is 1. The van der Waals surface area contributed by atoms with Gasteiger partial charge in [-0.1, -0.05) is 6.92 Å². The molecular weight excluding hydrogens is 282 g/mol.